The molecule has 0 saturated carbocycles. The zero-order valence-electron chi connectivity index (χ0n) is 24.1. The summed E-state index contributed by atoms with van der Waals surface area (Å²) < 4.78 is 40.1. The molecule has 0 saturated heterocycles. The normalized spacial score (nSPS) is 11.9. The lowest BCUT2D eigenvalue weighted by molar-refractivity contribution is -0.116. The van der Waals surface area contributed by atoms with Crippen LogP contribution in [-0.2, 0) is 21.4 Å². The first-order valence-electron chi connectivity index (χ1n) is 13.8. The van der Waals surface area contributed by atoms with E-state index >= 15 is 0 Å². The van der Waals surface area contributed by atoms with E-state index in [0.29, 0.717) is 46.0 Å². The van der Waals surface area contributed by atoms with Crippen LogP contribution in [0.5, 0.6) is 0 Å². The zero-order chi connectivity index (χ0) is 31.0. The summed E-state index contributed by atoms with van der Waals surface area (Å²) in [6, 6.07) is 11.9. The molecule has 4 N–H and O–H groups in total. The van der Waals surface area contributed by atoms with Gasteiger partial charge in [0.25, 0.3) is 0 Å². The number of amides is 1. The summed E-state index contributed by atoms with van der Waals surface area (Å²) in [7, 11) is -3.45. The van der Waals surface area contributed by atoms with Crippen molar-refractivity contribution < 1.29 is 17.6 Å². The highest BCUT2D eigenvalue weighted by Crippen LogP contribution is 2.34. The van der Waals surface area contributed by atoms with Gasteiger partial charge in [0.2, 0.25) is 15.9 Å². The second-order valence-corrected chi connectivity index (χ2v) is 12.9. The van der Waals surface area contributed by atoms with Gasteiger partial charge in [-0.3, -0.25) is 19.9 Å². The summed E-state index contributed by atoms with van der Waals surface area (Å²) in [5.74, 6) is -0.334. The first-order valence-corrected chi connectivity index (χ1v) is 15.7. The zero-order valence-corrected chi connectivity index (χ0v) is 25.0. The minimum Gasteiger partial charge on any atom is -0.353 e. The Balaban J connectivity index is 1.36. The molecule has 0 fully saturated rings. The largest absolute Gasteiger partial charge is 0.353 e. The number of fused-ring (bicyclic) bond motifs is 2. The van der Waals surface area contributed by atoms with Gasteiger partial charge in [-0.1, -0.05) is 13.8 Å². The number of sulfonamides is 1. The quantitative estimate of drug-likeness (QED) is 0.170. The third kappa shape index (κ3) is 6.33. The van der Waals surface area contributed by atoms with E-state index in [0.717, 1.165) is 33.7 Å². The number of benzene rings is 1. The molecule has 0 radical (unpaired) electrons. The molecule has 6 rings (SSSR count). The average molecular weight is 613 g/mol. The van der Waals surface area contributed by atoms with Crippen molar-refractivity contribution in [1.82, 2.24) is 34.9 Å². The number of aromatic nitrogens is 6. The minimum absolute atomic E-state index is 0.0463. The standard InChI is InChI=1S/C31H29FN8O3S/c1-17(2)6-28(41)37-23-10-20(14-33-16-23)21-11-25-30(39-40-31(25)35-15-21)27-12-24-26(38-27)4-5-34-29(24)19-7-18(8-22(32)9-19)13-36-44(3,42)43/h4-5,7-12,14-17,36,38H,6,13H2,1-3H3,(H,37,41)(H,35,39,40). The fourth-order valence-corrected chi connectivity index (χ4v) is 5.46. The molecule has 6 aromatic rings. The highest BCUT2D eigenvalue weighted by atomic mass is 32.2. The molecule has 44 heavy (non-hydrogen) atoms. The molecule has 1 aromatic carbocycles. The number of rotatable bonds is 9. The van der Waals surface area contributed by atoms with Gasteiger partial charge in [0.15, 0.2) is 5.65 Å². The van der Waals surface area contributed by atoms with E-state index in [1.165, 1.54) is 12.1 Å². The monoisotopic (exact) mass is 612 g/mol. The average Bonchev–Trinajstić information content (AvgIpc) is 3.59. The summed E-state index contributed by atoms with van der Waals surface area (Å²) in [5.41, 5.74) is 6.36. The van der Waals surface area contributed by atoms with Crippen LogP contribution in [-0.4, -0.2) is 50.7 Å². The van der Waals surface area contributed by atoms with Gasteiger partial charge in [-0.2, -0.15) is 5.10 Å². The van der Waals surface area contributed by atoms with E-state index in [4.69, 9.17) is 0 Å². The number of anilines is 1. The van der Waals surface area contributed by atoms with Gasteiger partial charge in [-0.05, 0) is 53.9 Å². The smallest absolute Gasteiger partial charge is 0.224 e. The lowest BCUT2D eigenvalue weighted by Gasteiger charge is -2.08. The molecule has 0 bridgehead atoms. The highest BCUT2D eigenvalue weighted by Gasteiger charge is 2.17. The fraction of sp³-hybridized carbons (Fsp3) is 0.194. The highest BCUT2D eigenvalue weighted by molar-refractivity contribution is 7.88. The molecule has 0 spiro atoms. The Labute approximate surface area is 252 Å². The summed E-state index contributed by atoms with van der Waals surface area (Å²) in [5, 5.41) is 11.9. The van der Waals surface area contributed by atoms with E-state index in [2.05, 4.69) is 40.2 Å². The predicted octanol–water partition coefficient (Wildman–Crippen LogP) is 5.40. The third-order valence-corrected chi connectivity index (χ3v) is 7.61. The lowest BCUT2D eigenvalue weighted by Crippen LogP contribution is -2.21. The van der Waals surface area contributed by atoms with Crippen LogP contribution >= 0.6 is 0 Å². The van der Waals surface area contributed by atoms with Gasteiger partial charge in [0.1, 0.15) is 11.5 Å². The molecule has 0 unspecified atom stereocenters. The molecule has 0 aliphatic heterocycles. The number of H-pyrrole nitrogens is 2. The molecule has 5 heterocycles. The number of halogens is 1. The van der Waals surface area contributed by atoms with Crippen LogP contribution in [0, 0.1) is 11.7 Å². The van der Waals surface area contributed by atoms with Crippen molar-refractivity contribution in [3.63, 3.8) is 0 Å². The van der Waals surface area contributed by atoms with Gasteiger partial charge in [-0.25, -0.2) is 22.5 Å². The fourth-order valence-electron chi connectivity index (χ4n) is 5.03. The lowest BCUT2D eigenvalue weighted by atomic mass is 10.0. The molecule has 13 heteroatoms. The van der Waals surface area contributed by atoms with Crippen molar-refractivity contribution in [2.45, 2.75) is 26.8 Å². The van der Waals surface area contributed by atoms with Crippen molar-refractivity contribution in [1.29, 1.82) is 0 Å². The first-order chi connectivity index (χ1) is 21.0. The van der Waals surface area contributed by atoms with Crippen molar-refractivity contribution in [2.75, 3.05) is 11.6 Å². The number of pyridine rings is 3. The Kier molecular flexibility index (Phi) is 7.66. The second kappa shape index (κ2) is 11.6. The number of aromatic amines is 2. The van der Waals surface area contributed by atoms with Gasteiger partial charge in [-0.15, -0.1) is 0 Å². The van der Waals surface area contributed by atoms with Crippen molar-refractivity contribution >= 4 is 43.6 Å². The number of carbonyl (C=O) groups is 1. The summed E-state index contributed by atoms with van der Waals surface area (Å²) in [6.07, 6.45) is 8.13. The number of nitrogens with zero attached hydrogens (tertiary/aromatic N) is 4. The summed E-state index contributed by atoms with van der Waals surface area (Å²) >= 11 is 0. The van der Waals surface area contributed by atoms with Gasteiger partial charge >= 0.3 is 0 Å². The minimum atomic E-state index is -3.45. The van der Waals surface area contributed by atoms with Crippen LogP contribution in [0.2, 0.25) is 0 Å². The Morgan fingerprint density at radius 3 is 2.57 bits per heavy atom. The molecular formula is C31H29FN8O3S. The number of hydrogen-bond acceptors (Lipinski definition) is 7. The number of nitrogens with one attached hydrogen (secondary N) is 4. The predicted molar refractivity (Wildman–Crippen MR) is 167 cm³/mol. The number of hydrogen-bond donors (Lipinski definition) is 4. The molecule has 1 amide bonds. The molecular weight excluding hydrogens is 583 g/mol. The van der Waals surface area contributed by atoms with E-state index in [9.17, 15) is 17.6 Å². The van der Waals surface area contributed by atoms with Crippen molar-refractivity contribution in [2.24, 2.45) is 5.92 Å². The van der Waals surface area contributed by atoms with Gasteiger partial charge < -0.3 is 10.3 Å². The molecule has 0 atom stereocenters. The van der Waals surface area contributed by atoms with Gasteiger partial charge in [0, 0.05) is 64.5 Å². The van der Waals surface area contributed by atoms with Crippen LogP contribution in [0.3, 0.4) is 0 Å². The first kappa shape index (κ1) is 29.1. The molecule has 224 valence electrons. The Morgan fingerprint density at radius 1 is 0.955 bits per heavy atom. The van der Waals surface area contributed by atoms with Crippen LogP contribution in [0.4, 0.5) is 10.1 Å². The van der Waals surface area contributed by atoms with E-state index in [1.54, 1.807) is 30.9 Å². The Bertz CT molecular complexity index is 2140. The second-order valence-electron chi connectivity index (χ2n) is 11.0. The summed E-state index contributed by atoms with van der Waals surface area (Å²) in [6.45, 7) is 3.93. The van der Waals surface area contributed by atoms with Gasteiger partial charge in [0.05, 0.1) is 29.5 Å². The molecule has 5 aromatic heterocycles. The van der Waals surface area contributed by atoms with Crippen LogP contribution in [0.25, 0.3) is 55.7 Å². The topological polar surface area (TPSA) is 158 Å². The van der Waals surface area contributed by atoms with Crippen molar-refractivity contribution in [3.8, 4) is 33.8 Å². The summed E-state index contributed by atoms with van der Waals surface area (Å²) in [4.78, 5) is 29.1. The molecule has 0 aliphatic rings. The number of carbonyl (C=O) groups excluding carboxylic acids is 1. The Hall–Kier alpha value is -5.01. The van der Waals surface area contributed by atoms with E-state index < -0.39 is 15.8 Å². The maximum absolute atomic E-state index is 14.6. The molecule has 0 aliphatic carbocycles. The van der Waals surface area contributed by atoms with E-state index in [1.807, 2.05) is 38.1 Å². The van der Waals surface area contributed by atoms with E-state index in [-0.39, 0.29) is 18.4 Å². The van der Waals surface area contributed by atoms with Crippen LogP contribution < -0.4 is 10.0 Å². The Morgan fingerprint density at radius 2 is 1.77 bits per heavy atom. The van der Waals surface area contributed by atoms with Crippen molar-refractivity contribution in [3.05, 3.63) is 78.6 Å². The SMILES string of the molecule is CC(C)CC(=O)Nc1cncc(-c2cnc3[nH]nc(-c4cc5c(-c6cc(F)cc(CNS(C)(=O)=O)c6)nccc5[nH]4)c3c2)c1. The molecule has 11 nitrogen and oxygen atoms in total. The maximum atomic E-state index is 14.6. The maximum Gasteiger partial charge on any atom is 0.224 e. The third-order valence-electron chi connectivity index (χ3n) is 6.94. The van der Waals surface area contributed by atoms with Crippen LogP contribution in [0.1, 0.15) is 25.8 Å². The van der Waals surface area contributed by atoms with Crippen LogP contribution in [0.15, 0.2) is 67.3 Å².